The summed E-state index contributed by atoms with van der Waals surface area (Å²) < 4.78 is 0. The molecule has 6 heteroatoms. The molecule has 116 valence electrons. The second-order valence-corrected chi connectivity index (χ2v) is 5.60. The highest BCUT2D eigenvalue weighted by molar-refractivity contribution is 5.85. The Labute approximate surface area is 125 Å². The number of carbonyl (C=O) groups is 1. The van der Waals surface area contributed by atoms with Gasteiger partial charge in [0.2, 0.25) is 11.9 Å². The van der Waals surface area contributed by atoms with Crippen LogP contribution in [0.4, 0.5) is 5.95 Å². The molecule has 2 heterocycles. The van der Waals surface area contributed by atoms with Gasteiger partial charge in [0.15, 0.2) is 0 Å². The van der Waals surface area contributed by atoms with Crippen molar-refractivity contribution in [2.24, 2.45) is 0 Å². The van der Waals surface area contributed by atoms with Gasteiger partial charge >= 0.3 is 0 Å². The van der Waals surface area contributed by atoms with E-state index in [-0.39, 0.29) is 24.6 Å². The first kappa shape index (κ1) is 15.7. The SMILES string of the molecule is CC(C)N(CCCO)C(=O)C1CCCN1c1ncccn1. The van der Waals surface area contributed by atoms with E-state index < -0.39 is 0 Å². The number of hydrogen-bond acceptors (Lipinski definition) is 5. The van der Waals surface area contributed by atoms with E-state index in [4.69, 9.17) is 5.11 Å². The van der Waals surface area contributed by atoms with Crippen LogP contribution in [0.15, 0.2) is 18.5 Å². The Hall–Kier alpha value is -1.69. The molecular formula is C15H24N4O2. The third kappa shape index (κ3) is 3.69. The maximum Gasteiger partial charge on any atom is 0.245 e. The second-order valence-electron chi connectivity index (χ2n) is 5.60. The minimum Gasteiger partial charge on any atom is -0.396 e. The Kier molecular flexibility index (Phi) is 5.50. The van der Waals surface area contributed by atoms with Gasteiger partial charge in [-0.1, -0.05) is 0 Å². The van der Waals surface area contributed by atoms with Crippen LogP contribution in [0, 0.1) is 0 Å². The summed E-state index contributed by atoms with van der Waals surface area (Å²) >= 11 is 0. The summed E-state index contributed by atoms with van der Waals surface area (Å²) in [7, 11) is 0. The number of aliphatic hydroxyl groups excluding tert-OH is 1. The molecule has 0 aromatic carbocycles. The number of aliphatic hydroxyl groups is 1. The molecule has 0 spiro atoms. The molecule has 0 bridgehead atoms. The number of nitrogens with zero attached hydrogens (tertiary/aromatic N) is 4. The van der Waals surface area contributed by atoms with Crippen LogP contribution in [-0.2, 0) is 4.79 Å². The highest BCUT2D eigenvalue weighted by atomic mass is 16.3. The summed E-state index contributed by atoms with van der Waals surface area (Å²) in [5, 5.41) is 9.01. The smallest absolute Gasteiger partial charge is 0.245 e. The minimum atomic E-state index is -0.187. The van der Waals surface area contributed by atoms with E-state index in [0.29, 0.717) is 18.9 Å². The van der Waals surface area contributed by atoms with Gasteiger partial charge in [-0.3, -0.25) is 4.79 Å². The molecule has 21 heavy (non-hydrogen) atoms. The average Bonchev–Trinajstić information content (AvgIpc) is 2.97. The maximum atomic E-state index is 12.8. The van der Waals surface area contributed by atoms with Crippen LogP contribution in [0.25, 0.3) is 0 Å². The Bertz CT molecular complexity index is 452. The number of carbonyl (C=O) groups excluding carboxylic acids is 1. The summed E-state index contributed by atoms with van der Waals surface area (Å²) in [6.07, 6.45) is 5.82. The molecule has 1 aromatic rings. The summed E-state index contributed by atoms with van der Waals surface area (Å²) in [4.78, 5) is 25.2. The van der Waals surface area contributed by atoms with Crippen molar-refractivity contribution in [2.75, 3.05) is 24.6 Å². The fourth-order valence-electron chi connectivity index (χ4n) is 2.76. The molecule has 0 radical (unpaired) electrons. The highest BCUT2D eigenvalue weighted by Gasteiger charge is 2.35. The van der Waals surface area contributed by atoms with Crippen LogP contribution < -0.4 is 4.90 Å². The monoisotopic (exact) mass is 292 g/mol. The van der Waals surface area contributed by atoms with E-state index in [1.54, 1.807) is 18.5 Å². The van der Waals surface area contributed by atoms with Gasteiger partial charge in [-0.2, -0.15) is 0 Å². The van der Waals surface area contributed by atoms with Crippen LogP contribution in [-0.4, -0.2) is 57.7 Å². The van der Waals surface area contributed by atoms with E-state index in [1.807, 2.05) is 23.6 Å². The van der Waals surface area contributed by atoms with Gasteiger partial charge < -0.3 is 14.9 Å². The quantitative estimate of drug-likeness (QED) is 0.849. The zero-order chi connectivity index (χ0) is 15.2. The molecule has 1 aliphatic rings. The van der Waals surface area contributed by atoms with Crippen LogP contribution in [0.1, 0.15) is 33.1 Å². The van der Waals surface area contributed by atoms with Crippen molar-refractivity contribution >= 4 is 11.9 Å². The molecule has 1 atom stereocenters. The summed E-state index contributed by atoms with van der Waals surface area (Å²) in [6, 6.07) is 1.72. The van der Waals surface area contributed by atoms with E-state index in [2.05, 4.69) is 9.97 Å². The maximum absolute atomic E-state index is 12.8. The largest absolute Gasteiger partial charge is 0.396 e. The molecule has 0 saturated carbocycles. The Balaban J connectivity index is 2.12. The zero-order valence-corrected chi connectivity index (χ0v) is 12.8. The first-order valence-corrected chi connectivity index (χ1v) is 7.60. The van der Waals surface area contributed by atoms with Crippen LogP contribution in [0.3, 0.4) is 0 Å². The Morgan fingerprint density at radius 3 is 2.81 bits per heavy atom. The summed E-state index contributed by atoms with van der Waals surface area (Å²) in [5.74, 6) is 0.739. The van der Waals surface area contributed by atoms with E-state index in [0.717, 1.165) is 19.4 Å². The lowest BCUT2D eigenvalue weighted by atomic mass is 10.1. The number of rotatable bonds is 6. The fourth-order valence-corrected chi connectivity index (χ4v) is 2.76. The number of hydrogen-bond donors (Lipinski definition) is 1. The number of anilines is 1. The van der Waals surface area contributed by atoms with Gasteiger partial charge in [-0.25, -0.2) is 9.97 Å². The average molecular weight is 292 g/mol. The number of amides is 1. The molecule has 1 saturated heterocycles. The lowest BCUT2D eigenvalue weighted by Gasteiger charge is -2.32. The van der Waals surface area contributed by atoms with Crippen molar-refractivity contribution in [1.29, 1.82) is 0 Å². The first-order chi connectivity index (χ1) is 10.1. The predicted octanol–water partition coefficient (Wildman–Crippen LogP) is 1.06. The molecule has 1 aromatic heterocycles. The molecule has 2 rings (SSSR count). The normalized spacial score (nSPS) is 18.3. The van der Waals surface area contributed by atoms with E-state index >= 15 is 0 Å². The third-order valence-corrected chi connectivity index (χ3v) is 3.81. The van der Waals surface area contributed by atoms with E-state index in [1.165, 1.54) is 0 Å². The van der Waals surface area contributed by atoms with Crippen molar-refractivity contribution < 1.29 is 9.90 Å². The van der Waals surface area contributed by atoms with Crippen molar-refractivity contribution in [2.45, 2.75) is 45.2 Å². The molecule has 6 nitrogen and oxygen atoms in total. The van der Waals surface area contributed by atoms with Crippen molar-refractivity contribution in [3.05, 3.63) is 18.5 Å². The molecule has 1 amide bonds. The van der Waals surface area contributed by atoms with Gasteiger partial charge in [-0.05, 0) is 39.2 Å². The lowest BCUT2D eigenvalue weighted by Crippen LogP contribution is -2.49. The molecule has 1 fully saturated rings. The predicted molar refractivity (Wildman–Crippen MR) is 81.0 cm³/mol. The Morgan fingerprint density at radius 1 is 1.48 bits per heavy atom. The Morgan fingerprint density at radius 2 is 2.19 bits per heavy atom. The first-order valence-electron chi connectivity index (χ1n) is 7.60. The van der Waals surface area contributed by atoms with Gasteiger partial charge in [0, 0.05) is 38.1 Å². The summed E-state index contributed by atoms with van der Waals surface area (Å²) in [5.41, 5.74) is 0. The molecule has 1 unspecified atom stereocenters. The number of aromatic nitrogens is 2. The summed E-state index contributed by atoms with van der Waals surface area (Å²) in [6.45, 7) is 5.52. The van der Waals surface area contributed by atoms with Crippen molar-refractivity contribution in [3.8, 4) is 0 Å². The fraction of sp³-hybridized carbons (Fsp3) is 0.667. The molecular weight excluding hydrogens is 268 g/mol. The van der Waals surface area contributed by atoms with Gasteiger partial charge in [0.1, 0.15) is 6.04 Å². The van der Waals surface area contributed by atoms with Gasteiger partial charge in [-0.15, -0.1) is 0 Å². The van der Waals surface area contributed by atoms with Crippen LogP contribution in [0.2, 0.25) is 0 Å². The highest BCUT2D eigenvalue weighted by Crippen LogP contribution is 2.24. The molecule has 1 aliphatic heterocycles. The van der Waals surface area contributed by atoms with E-state index in [9.17, 15) is 4.79 Å². The topological polar surface area (TPSA) is 69.6 Å². The van der Waals surface area contributed by atoms with Crippen molar-refractivity contribution in [1.82, 2.24) is 14.9 Å². The van der Waals surface area contributed by atoms with Gasteiger partial charge in [0.25, 0.3) is 0 Å². The third-order valence-electron chi connectivity index (χ3n) is 3.81. The molecule has 1 N–H and O–H groups in total. The van der Waals surface area contributed by atoms with Crippen molar-refractivity contribution in [3.63, 3.8) is 0 Å². The zero-order valence-electron chi connectivity index (χ0n) is 12.8. The van der Waals surface area contributed by atoms with Gasteiger partial charge in [0.05, 0.1) is 0 Å². The van der Waals surface area contributed by atoms with Crippen LogP contribution >= 0.6 is 0 Å². The lowest BCUT2D eigenvalue weighted by molar-refractivity contribution is -0.134. The molecule has 0 aliphatic carbocycles. The van der Waals surface area contributed by atoms with Crippen LogP contribution in [0.5, 0.6) is 0 Å². The minimum absolute atomic E-state index is 0.104. The second kappa shape index (κ2) is 7.36. The standard InChI is InChI=1S/C15H24N4O2/c1-12(2)18(10-5-11-20)14(21)13-6-3-9-19(13)15-16-7-4-8-17-15/h4,7-8,12-13,20H,3,5-6,9-11H2,1-2H3.